The van der Waals surface area contributed by atoms with Gasteiger partial charge < -0.3 is 14.4 Å². The first-order chi connectivity index (χ1) is 16.6. The Hall–Kier alpha value is -2.65. The van der Waals surface area contributed by atoms with Crippen molar-refractivity contribution < 1.29 is 23.9 Å². The van der Waals surface area contributed by atoms with E-state index in [4.69, 9.17) is 9.47 Å². The van der Waals surface area contributed by atoms with E-state index in [1.165, 1.54) is 0 Å². The number of nitrogens with one attached hydrogen (secondary N) is 1. The van der Waals surface area contributed by atoms with E-state index in [0.29, 0.717) is 58.7 Å². The minimum Gasteiger partial charge on any atom is -0.465 e. The van der Waals surface area contributed by atoms with Gasteiger partial charge in [0.1, 0.15) is 11.6 Å². The number of hydrazine groups is 1. The summed E-state index contributed by atoms with van der Waals surface area (Å²) >= 11 is 0. The number of rotatable bonds is 6. The van der Waals surface area contributed by atoms with Crippen LogP contribution in [0.2, 0.25) is 0 Å². The maximum Gasteiger partial charge on any atom is 0.410 e. The van der Waals surface area contributed by atoms with Gasteiger partial charge in [0.15, 0.2) is 0 Å². The van der Waals surface area contributed by atoms with Gasteiger partial charge in [-0.25, -0.2) is 9.80 Å². The molecule has 2 aliphatic rings. The molecule has 9 nitrogen and oxygen atoms in total. The van der Waals surface area contributed by atoms with E-state index < -0.39 is 11.0 Å². The van der Waals surface area contributed by atoms with E-state index in [9.17, 15) is 14.4 Å². The van der Waals surface area contributed by atoms with Crippen molar-refractivity contribution in [3.63, 3.8) is 0 Å². The molecule has 0 spiro atoms. The molecule has 3 rings (SSSR count). The zero-order valence-electron chi connectivity index (χ0n) is 21.7. The SMILES string of the molecule is CCOC(=O)C(C)N1CCN(NC(=O)C2(c3ccccc3)CCN(C(=O)OC(C)(C)C)CC2)CC1. The molecule has 1 aromatic rings. The summed E-state index contributed by atoms with van der Waals surface area (Å²) in [6, 6.07) is 9.50. The van der Waals surface area contributed by atoms with Gasteiger partial charge in [0.25, 0.3) is 0 Å². The maximum absolute atomic E-state index is 13.7. The number of ether oxygens (including phenoxy) is 2. The summed E-state index contributed by atoms with van der Waals surface area (Å²) in [7, 11) is 0. The van der Waals surface area contributed by atoms with Crippen molar-refractivity contribution in [3.8, 4) is 0 Å². The first kappa shape index (κ1) is 26.9. The van der Waals surface area contributed by atoms with Crippen molar-refractivity contribution in [3.05, 3.63) is 35.9 Å². The van der Waals surface area contributed by atoms with Gasteiger partial charge >= 0.3 is 12.1 Å². The Morgan fingerprint density at radius 1 is 1.00 bits per heavy atom. The highest BCUT2D eigenvalue weighted by molar-refractivity contribution is 5.88. The fourth-order valence-corrected chi connectivity index (χ4v) is 4.69. The minimum atomic E-state index is -0.727. The van der Waals surface area contributed by atoms with Crippen molar-refractivity contribution in [1.82, 2.24) is 20.2 Å². The predicted octanol–water partition coefficient (Wildman–Crippen LogP) is 2.56. The average Bonchev–Trinajstić information content (AvgIpc) is 2.83. The molecule has 2 saturated heterocycles. The Balaban J connectivity index is 1.65. The van der Waals surface area contributed by atoms with Gasteiger partial charge in [-0.05, 0) is 53.0 Å². The molecule has 1 aromatic carbocycles. The van der Waals surface area contributed by atoms with Crippen LogP contribution in [0.1, 0.15) is 53.0 Å². The number of piperazine rings is 1. The van der Waals surface area contributed by atoms with Crippen LogP contribution in [0.25, 0.3) is 0 Å². The molecule has 0 radical (unpaired) electrons. The van der Waals surface area contributed by atoms with Crippen LogP contribution >= 0.6 is 0 Å². The van der Waals surface area contributed by atoms with Crippen molar-refractivity contribution in [2.45, 2.75) is 64.5 Å². The lowest BCUT2D eigenvalue weighted by Crippen LogP contribution is -2.61. The Labute approximate surface area is 208 Å². The summed E-state index contributed by atoms with van der Waals surface area (Å²) in [5.41, 5.74) is 2.81. The quantitative estimate of drug-likeness (QED) is 0.616. The standard InChI is InChI=1S/C26H40N4O5/c1-6-34-22(31)20(2)28-16-18-30(19-17-28)27-23(32)26(21-10-8-7-9-11-21)12-14-29(15-13-26)24(33)35-25(3,4)5/h7-11,20H,6,12-19H2,1-5H3,(H,27,32). The molecule has 194 valence electrons. The molecule has 9 heteroatoms. The second-order valence-corrected chi connectivity index (χ2v) is 10.3. The second kappa shape index (κ2) is 11.4. The number of carbonyl (C=O) groups is 3. The van der Waals surface area contributed by atoms with Gasteiger partial charge in [-0.2, -0.15) is 0 Å². The average molecular weight is 489 g/mol. The summed E-state index contributed by atoms with van der Waals surface area (Å²) in [6.45, 7) is 13.0. The number of likely N-dealkylation sites (tertiary alicyclic amines) is 1. The van der Waals surface area contributed by atoms with E-state index in [2.05, 4.69) is 10.3 Å². The first-order valence-electron chi connectivity index (χ1n) is 12.6. The lowest BCUT2D eigenvalue weighted by Gasteiger charge is -2.43. The highest BCUT2D eigenvalue weighted by atomic mass is 16.6. The van der Waals surface area contributed by atoms with Crippen LogP contribution in [0.4, 0.5) is 4.79 Å². The van der Waals surface area contributed by atoms with Crippen LogP contribution in [0.5, 0.6) is 0 Å². The molecule has 0 aliphatic carbocycles. The lowest BCUT2D eigenvalue weighted by molar-refractivity contribution is -0.150. The summed E-state index contributed by atoms with van der Waals surface area (Å²) < 4.78 is 10.7. The van der Waals surface area contributed by atoms with Crippen molar-refractivity contribution in [2.24, 2.45) is 0 Å². The predicted molar refractivity (Wildman–Crippen MR) is 133 cm³/mol. The summed E-state index contributed by atoms with van der Waals surface area (Å²) in [6.07, 6.45) is 0.690. The molecule has 1 atom stereocenters. The molecular weight excluding hydrogens is 448 g/mol. The molecule has 2 amide bonds. The smallest absolute Gasteiger partial charge is 0.410 e. The van der Waals surface area contributed by atoms with Crippen LogP contribution in [0, 0.1) is 0 Å². The highest BCUT2D eigenvalue weighted by Gasteiger charge is 2.45. The summed E-state index contributed by atoms with van der Waals surface area (Å²) in [5.74, 6) is -0.274. The third-order valence-electron chi connectivity index (χ3n) is 6.78. The van der Waals surface area contributed by atoms with Crippen LogP contribution < -0.4 is 5.43 Å². The molecule has 2 fully saturated rings. The largest absolute Gasteiger partial charge is 0.465 e. The van der Waals surface area contributed by atoms with Crippen LogP contribution in [-0.4, -0.2) is 90.3 Å². The lowest BCUT2D eigenvalue weighted by atomic mass is 9.72. The fourth-order valence-electron chi connectivity index (χ4n) is 4.69. The first-order valence-corrected chi connectivity index (χ1v) is 12.6. The van der Waals surface area contributed by atoms with Crippen molar-refractivity contribution in [1.29, 1.82) is 0 Å². The number of hydrogen-bond acceptors (Lipinski definition) is 7. The summed E-state index contributed by atoms with van der Waals surface area (Å²) in [5, 5.41) is 1.93. The molecule has 0 saturated carbocycles. The van der Waals surface area contributed by atoms with Gasteiger partial charge in [0.2, 0.25) is 5.91 Å². The molecule has 2 aliphatic heterocycles. The molecule has 2 heterocycles. The highest BCUT2D eigenvalue weighted by Crippen LogP contribution is 2.36. The monoisotopic (exact) mass is 488 g/mol. The van der Waals surface area contributed by atoms with E-state index >= 15 is 0 Å². The van der Waals surface area contributed by atoms with Gasteiger partial charge in [0, 0.05) is 39.3 Å². The molecule has 1 unspecified atom stereocenters. The number of nitrogens with zero attached hydrogens (tertiary/aromatic N) is 3. The third kappa shape index (κ3) is 6.73. The molecule has 1 N–H and O–H groups in total. The minimum absolute atomic E-state index is 0.0561. The van der Waals surface area contributed by atoms with Gasteiger partial charge in [0.05, 0.1) is 12.0 Å². The zero-order chi connectivity index (χ0) is 25.6. The van der Waals surface area contributed by atoms with Crippen molar-refractivity contribution in [2.75, 3.05) is 45.9 Å². The molecule has 0 aromatic heterocycles. The van der Waals surface area contributed by atoms with Gasteiger partial charge in [-0.15, -0.1) is 0 Å². The van der Waals surface area contributed by atoms with Crippen LogP contribution in [-0.2, 0) is 24.5 Å². The van der Waals surface area contributed by atoms with Gasteiger partial charge in [-0.3, -0.25) is 19.9 Å². The Morgan fingerprint density at radius 3 is 2.14 bits per heavy atom. The van der Waals surface area contributed by atoms with Crippen LogP contribution in [0.3, 0.4) is 0 Å². The number of benzene rings is 1. The molecular formula is C26H40N4O5. The Kier molecular flexibility index (Phi) is 8.77. The summed E-state index contributed by atoms with van der Waals surface area (Å²) in [4.78, 5) is 42.1. The van der Waals surface area contributed by atoms with E-state index in [1.54, 1.807) is 11.8 Å². The fraction of sp³-hybridized carbons (Fsp3) is 0.654. The zero-order valence-corrected chi connectivity index (χ0v) is 21.7. The number of hydrogen-bond donors (Lipinski definition) is 1. The normalized spacial score (nSPS) is 20.1. The van der Waals surface area contributed by atoms with Crippen molar-refractivity contribution >= 4 is 18.0 Å². The Morgan fingerprint density at radius 2 is 1.60 bits per heavy atom. The third-order valence-corrected chi connectivity index (χ3v) is 6.78. The number of carbonyl (C=O) groups excluding carboxylic acids is 3. The number of piperidine rings is 1. The molecule has 0 bridgehead atoms. The maximum atomic E-state index is 13.7. The van der Waals surface area contributed by atoms with E-state index in [0.717, 1.165) is 5.56 Å². The Bertz CT molecular complexity index is 869. The topological polar surface area (TPSA) is 91.4 Å². The molecule has 35 heavy (non-hydrogen) atoms. The van der Waals surface area contributed by atoms with Gasteiger partial charge in [-0.1, -0.05) is 30.3 Å². The number of amides is 2. The second-order valence-electron chi connectivity index (χ2n) is 10.3. The van der Waals surface area contributed by atoms with E-state index in [-0.39, 0.29) is 24.0 Å². The van der Waals surface area contributed by atoms with Crippen LogP contribution in [0.15, 0.2) is 30.3 Å². The van der Waals surface area contributed by atoms with E-state index in [1.807, 2.05) is 63.0 Å². The number of esters is 1.